The van der Waals surface area contributed by atoms with Crippen LogP contribution in [0.1, 0.15) is 121 Å². The quantitative estimate of drug-likeness (QED) is 0.236. The third-order valence-electron chi connectivity index (χ3n) is 9.81. The topological polar surface area (TPSA) is 9.23 Å². The van der Waals surface area contributed by atoms with Crippen LogP contribution in [0, 0.1) is 41.2 Å². The van der Waals surface area contributed by atoms with E-state index in [9.17, 15) is 8.78 Å². The van der Waals surface area contributed by atoms with Gasteiger partial charge in [0.15, 0.2) is 11.6 Å². The number of hydrogen-bond acceptors (Lipinski definition) is 1. The molecular formula is C32H48F2O. The SMILES string of the molecule is C=CC1CCC(C2CCC(CCC3CCC(c4ccc(OCCCC)c(F)c4F)CC3)CC2)CC1. The molecule has 0 N–H and O–H groups in total. The first-order valence-corrected chi connectivity index (χ1v) is 14.8. The fourth-order valence-corrected chi connectivity index (χ4v) is 7.33. The summed E-state index contributed by atoms with van der Waals surface area (Å²) in [7, 11) is 0. The molecule has 3 saturated carbocycles. The molecule has 0 amide bonds. The predicted octanol–water partition coefficient (Wildman–Crippen LogP) is 10.00. The predicted molar refractivity (Wildman–Crippen MR) is 142 cm³/mol. The smallest absolute Gasteiger partial charge is 0.200 e. The van der Waals surface area contributed by atoms with Crippen molar-refractivity contribution in [2.24, 2.45) is 29.6 Å². The highest BCUT2D eigenvalue weighted by Gasteiger charge is 2.31. The van der Waals surface area contributed by atoms with Crippen LogP contribution in [-0.2, 0) is 0 Å². The van der Waals surface area contributed by atoms with Crippen molar-refractivity contribution in [2.45, 2.75) is 116 Å². The van der Waals surface area contributed by atoms with Crippen molar-refractivity contribution in [3.8, 4) is 5.75 Å². The maximum atomic E-state index is 14.8. The molecular weight excluding hydrogens is 438 g/mol. The number of allylic oxidation sites excluding steroid dienone is 1. The Kier molecular flexibility index (Phi) is 10.1. The molecule has 3 heteroatoms. The van der Waals surface area contributed by atoms with Crippen LogP contribution >= 0.6 is 0 Å². The van der Waals surface area contributed by atoms with Gasteiger partial charge >= 0.3 is 0 Å². The van der Waals surface area contributed by atoms with Gasteiger partial charge in [-0.2, -0.15) is 4.39 Å². The Hall–Kier alpha value is -1.38. The number of halogens is 2. The van der Waals surface area contributed by atoms with Crippen LogP contribution in [0.5, 0.6) is 5.75 Å². The standard InChI is InChI=1S/C32H48F2O/c1-3-5-22-35-30-21-20-29(31(33)32(30)34)28-18-12-25(13-19-28)7-6-24-10-16-27(17-11-24)26-14-8-23(4-2)9-15-26/h4,20-21,23-28H,2-3,5-19,22H2,1H3. The van der Waals surface area contributed by atoms with E-state index in [0.29, 0.717) is 12.2 Å². The van der Waals surface area contributed by atoms with Gasteiger partial charge in [-0.3, -0.25) is 0 Å². The largest absolute Gasteiger partial charge is 0.490 e. The van der Waals surface area contributed by atoms with E-state index in [1.54, 1.807) is 12.1 Å². The van der Waals surface area contributed by atoms with Crippen molar-refractivity contribution >= 4 is 0 Å². The van der Waals surface area contributed by atoms with Gasteiger partial charge < -0.3 is 4.74 Å². The zero-order valence-electron chi connectivity index (χ0n) is 22.1. The van der Waals surface area contributed by atoms with Crippen LogP contribution in [0.15, 0.2) is 24.8 Å². The summed E-state index contributed by atoms with van der Waals surface area (Å²) in [6, 6.07) is 3.41. The molecule has 0 unspecified atom stereocenters. The van der Waals surface area contributed by atoms with Gasteiger partial charge in [-0.15, -0.1) is 6.58 Å². The Labute approximate surface area is 213 Å². The molecule has 4 rings (SSSR count). The lowest BCUT2D eigenvalue weighted by atomic mass is 9.68. The second kappa shape index (κ2) is 13.2. The van der Waals surface area contributed by atoms with Gasteiger partial charge in [-0.05, 0) is 118 Å². The first-order chi connectivity index (χ1) is 17.1. The average Bonchev–Trinajstić information content (AvgIpc) is 2.91. The van der Waals surface area contributed by atoms with Crippen molar-refractivity contribution in [3.05, 3.63) is 42.0 Å². The van der Waals surface area contributed by atoms with Crippen LogP contribution < -0.4 is 4.74 Å². The number of benzene rings is 1. The Balaban J connectivity index is 1.16. The third-order valence-corrected chi connectivity index (χ3v) is 9.81. The third kappa shape index (κ3) is 7.10. The second-order valence-electron chi connectivity index (χ2n) is 12.0. The van der Waals surface area contributed by atoms with Crippen LogP contribution in [0.3, 0.4) is 0 Å². The van der Waals surface area contributed by atoms with E-state index >= 15 is 0 Å². The molecule has 1 aromatic carbocycles. The molecule has 0 saturated heterocycles. The summed E-state index contributed by atoms with van der Waals surface area (Å²) in [6.45, 7) is 6.49. The van der Waals surface area contributed by atoms with E-state index in [4.69, 9.17) is 4.74 Å². The fraction of sp³-hybridized carbons (Fsp3) is 0.750. The minimum absolute atomic E-state index is 0.0625. The van der Waals surface area contributed by atoms with Gasteiger partial charge in [-0.25, -0.2) is 4.39 Å². The Morgan fingerprint density at radius 1 is 0.800 bits per heavy atom. The minimum Gasteiger partial charge on any atom is -0.490 e. The molecule has 3 fully saturated rings. The van der Waals surface area contributed by atoms with Gasteiger partial charge in [-0.1, -0.05) is 51.2 Å². The highest BCUT2D eigenvalue weighted by Crippen LogP contribution is 2.44. The zero-order valence-corrected chi connectivity index (χ0v) is 22.1. The highest BCUT2D eigenvalue weighted by molar-refractivity contribution is 5.33. The van der Waals surface area contributed by atoms with E-state index in [2.05, 4.69) is 19.6 Å². The lowest BCUT2D eigenvalue weighted by Crippen LogP contribution is -2.25. The van der Waals surface area contributed by atoms with Crippen molar-refractivity contribution < 1.29 is 13.5 Å². The summed E-state index contributed by atoms with van der Waals surface area (Å²) in [4.78, 5) is 0. The summed E-state index contributed by atoms with van der Waals surface area (Å²) in [6.07, 6.45) is 22.3. The molecule has 35 heavy (non-hydrogen) atoms. The van der Waals surface area contributed by atoms with E-state index < -0.39 is 11.6 Å². The Morgan fingerprint density at radius 2 is 1.37 bits per heavy atom. The molecule has 0 aliphatic heterocycles. The molecule has 0 spiro atoms. The molecule has 3 aliphatic rings. The molecule has 1 aromatic rings. The summed E-state index contributed by atoms with van der Waals surface area (Å²) in [5.41, 5.74) is 0.559. The van der Waals surface area contributed by atoms with Crippen LogP contribution in [0.25, 0.3) is 0 Å². The van der Waals surface area contributed by atoms with Gasteiger partial charge in [0, 0.05) is 0 Å². The molecule has 0 radical (unpaired) electrons. The van der Waals surface area contributed by atoms with E-state index in [-0.39, 0.29) is 11.7 Å². The first kappa shape index (κ1) is 26.7. The van der Waals surface area contributed by atoms with E-state index in [1.807, 2.05) is 0 Å². The zero-order chi connectivity index (χ0) is 24.6. The van der Waals surface area contributed by atoms with E-state index in [0.717, 1.165) is 68.1 Å². The number of unbranched alkanes of at least 4 members (excludes halogenated alkanes) is 1. The molecule has 0 aromatic heterocycles. The molecule has 0 bridgehead atoms. The minimum atomic E-state index is -0.801. The maximum absolute atomic E-state index is 14.8. The normalized spacial score (nSPS) is 31.7. The molecule has 0 atom stereocenters. The van der Waals surface area contributed by atoms with Gasteiger partial charge in [0.25, 0.3) is 0 Å². The molecule has 0 heterocycles. The van der Waals surface area contributed by atoms with Gasteiger partial charge in [0.05, 0.1) is 6.61 Å². The fourth-order valence-electron chi connectivity index (χ4n) is 7.33. The second-order valence-corrected chi connectivity index (χ2v) is 12.0. The Morgan fingerprint density at radius 3 is 1.94 bits per heavy atom. The van der Waals surface area contributed by atoms with Crippen molar-refractivity contribution in [2.75, 3.05) is 6.61 Å². The monoisotopic (exact) mass is 486 g/mol. The number of hydrogen-bond donors (Lipinski definition) is 0. The van der Waals surface area contributed by atoms with Crippen molar-refractivity contribution in [1.29, 1.82) is 0 Å². The molecule has 196 valence electrons. The lowest BCUT2D eigenvalue weighted by Gasteiger charge is -2.38. The summed E-state index contributed by atoms with van der Waals surface area (Å²) in [5.74, 6) is 3.14. The summed E-state index contributed by atoms with van der Waals surface area (Å²) < 4.78 is 34.7. The number of rotatable bonds is 10. The lowest BCUT2D eigenvalue weighted by molar-refractivity contribution is 0.147. The molecule has 3 aliphatic carbocycles. The maximum Gasteiger partial charge on any atom is 0.200 e. The first-order valence-electron chi connectivity index (χ1n) is 14.8. The van der Waals surface area contributed by atoms with Crippen LogP contribution in [0.4, 0.5) is 8.78 Å². The van der Waals surface area contributed by atoms with E-state index in [1.165, 1.54) is 64.2 Å². The van der Waals surface area contributed by atoms with Crippen molar-refractivity contribution in [3.63, 3.8) is 0 Å². The highest BCUT2D eigenvalue weighted by atomic mass is 19.2. The van der Waals surface area contributed by atoms with Crippen LogP contribution in [0.2, 0.25) is 0 Å². The number of ether oxygens (including phenoxy) is 1. The van der Waals surface area contributed by atoms with Crippen LogP contribution in [-0.4, -0.2) is 6.61 Å². The summed E-state index contributed by atoms with van der Waals surface area (Å²) in [5, 5.41) is 0. The summed E-state index contributed by atoms with van der Waals surface area (Å²) >= 11 is 0. The van der Waals surface area contributed by atoms with Gasteiger partial charge in [0.1, 0.15) is 0 Å². The van der Waals surface area contributed by atoms with Crippen molar-refractivity contribution in [1.82, 2.24) is 0 Å². The Bertz CT molecular complexity index is 781. The van der Waals surface area contributed by atoms with Gasteiger partial charge in [0.2, 0.25) is 5.82 Å². The average molecular weight is 487 g/mol. The molecule has 1 nitrogen and oxygen atoms in total.